The average molecular weight is 154 g/mol. The minimum Gasteiger partial charge on any atom is -0.512 e. The van der Waals surface area contributed by atoms with Crippen molar-refractivity contribution in [2.75, 3.05) is 0 Å². The lowest BCUT2D eigenvalue weighted by Gasteiger charge is -2.25. The van der Waals surface area contributed by atoms with Crippen LogP contribution in [0.3, 0.4) is 0 Å². The third-order valence-electron chi connectivity index (χ3n) is 2.68. The molecule has 1 N–H and O–H groups in total. The fourth-order valence-electron chi connectivity index (χ4n) is 1.58. The van der Waals surface area contributed by atoms with Gasteiger partial charge in [-0.3, -0.25) is 0 Å². The number of aliphatic hydroxyl groups is 1. The summed E-state index contributed by atoms with van der Waals surface area (Å²) < 4.78 is 0. The zero-order valence-corrected chi connectivity index (χ0v) is 7.67. The molecule has 0 saturated heterocycles. The van der Waals surface area contributed by atoms with Crippen LogP contribution < -0.4 is 0 Å². The van der Waals surface area contributed by atoms with Crippen molar-refractivity contribution in [3.8, 4) is 0 Å². The van der Waals surface area contributed by atoms with Gasteiger partial charge in [0.1, 0.15) is 0 Å². The maximum Gasteiger partial charge on any atom is 0.0913 e. The molecular formula is C10H18O. The number of rotatable bonds is 1. The summed E-state index contributed by atoms with van der Waals surface area (Å²) in [5, 5.41) is 9.46. The van der Waals surface area contributed by atoms with Crippen LogP contribution in [-0.4, -0.2) is 5.11 Å². The second kappa shape index (κ2) is 3.29. The van der Waals surface area contributed by atoms with Gasteiger partial charge in [-0.25, -0.2) is 0 Å². The van der Waals surface area contributed by atoms with E-state index in [-0.39, 0.29) is 0 Å². The summed E-state index contributed by atoms with van der Waals surface area (Å²) in [4.78, 5) is 0. The van der Waals surface area contributed by atoms with Crippen LogP contribution in [0.1, 0.15) is 33.6 Å². The van der Waals surface area contributed by atoms with Gasteiger partial charge in [0, 0.05) is 5.92 Å². The molecule has 0 unspecified atom stereocenters. The highest BCUT2D eigenvalue weighted by Gasteiger charge is 2.20. The molecule has 1 rings (SSSR count). The lowest BCUT2D eigenvalue weighted by Crippen LogP contribution is -2.15. The minimum atomic E-state index is 0.394. The van der Waals surface area contributed by atoms with Gasteiger partial charge in [0.25, 0.3) is 0 Å². The Kier molecular flexibility index (Phi) is 2.58. The van der Waals surface area contributed by atoms with Crippen molar-refractivity contribution >= 4 is 0 Å². The van der Waals surface area contributed by atoms with Crippen LogP contribution in [0.5, 0.6) is 0 Å². The van der Waals surface area contributed by atoms with Crippen LogP contribution in [0.25, 0.3) is 0 Å². The van der Waals surface area contributed by atoms with E-state index in [4.69, 9.17) is 0 Å². The summed E-state index contributed by atoms with van der Waals surface area (Å²) >= 11 is 0. The maximum absolute atomic E-state index is 9.46. The van der Waals surface area contributed by atoms with Crippen molar-refractivity contribution < 1.29 is 5.11 Å². The molecule has 1 aliphatic carbocycles. The summed E-state index contributed by atoms with van der Waals surface area (Å²) in [6.07, 6.45) is 4.42. The molecule has 64 valence electrons. The molecule has 0 aliphatic heterocycles. The highest BCUT2D eigenvalue weighted by molar-refractivity contribution is 5.03. The maximum atomic E-state index is 9.46. The summed E-state index contributed by atoms with van der Waals surface area (Å²) in [7, 11) is 0. The van der Waals surface area contributed by atoms with E-state index in [1.54, 1.807) is 0 Å². The van der Waals surface area contributed by atoms with Gasteiger partial charge < -0.3 is 5.11 Å². The van der Waals surface area contributed by atoms with E-state index in [2.05, 4.69) is 20.8 Å². The Morgan fingerprint density at radius 2 is 2.09 bits per heavy atom. The van der Waals surface area contributed by atoms with Crippen molar-refractivity contribution in [2.45, 2.75) is 33.6 Å². The normalized spacial score (nSPS) is 32.2. The SMILES string of the molecule is CC(C)[C@@H]1C=C(O)[C@H](C)CC1. The Balaban J connectivity index is 2.62. The molecule has 0 aromatic carbocycles. The second-order valence-corrected chi connectivity index (χ2v) is 3.98. The zero-order chi connectivity index (χ0) is 8.43. The Morgan fingerprint density at radius 1 is 1.45 bits per heavy atom. The lowest BCUT2D eigenvalue weighted by molar-refractivity contribution is 0.271. The van der Waals surface area contributed by atoms with Gasteiger partial charge in [-0.15, -0.1) is 0 Å². The molecule has 0 amide bonds. The lowest BCUT2D eigenvalue weighted by atomic mass is 9.82. The van der Waals surface area contributed by atoms with E-state index >= 15 is 0 Å². The van der Waals surface area contributed by atoms with Gasteiger partial charge in [0.15, 0.2) is 0 Å². The number of allylic oxidation sites excluding steroid dienone is 2. The Morgan fingerprint density at radius 3 is 2.55 bits per heavy atom. The topological polar surface area (TPSA) is 20.2 Å². The smallest absolute Gasteiger partial charge is 0.0913 e. The first-order valence-corrected chi connectivity index (χ1v) is 4.52. The number of hydrogen-bond acceptors (Lipinski definition) is 1. The van der Waals surface area contributed by atoms with Crippen molar-refractivity contribution in [2.24, 2.45) is 17.8 Å². The second-order valence-electron chi connectivity index (χ2n) is 3.98. The fraction of sp³-hybridized carbons (Fsp3) is 0.800. The van der Waals surface area contributed by atoms with Crippen LogP contribution in [0, 0.1) is 17.8 Å². The van der Waals surface area contributed by atoms with Crippen molar-refractivity contribution in [3.05, 3.63) is 11.8 Å². The Labute approximate surface area is 69.1 Å². The van der Waals surface area contributed by atoms with Gasteiger partial charge in [0.2, 0.25) is 0 Å². The van der Waals surface area contributed by atoms with Crippen LogP contribution in [-0.2, 0) is 0 Å². The molecule has 0 radical (unpaired) electrons. The first-order valence-electron chi connectivity index (χ1n) is 4.52. The largest absolute Gasteiger partial charge is 0.512 e. The molecule has 0 fully saturated rings. The van der Waals surface area contributed by atoms with Gasteiger partial charge in [-0.05, 0) is 30.8 Å². The van der Waals surface area contributed by atoms with E-state index in [9.17, 15) is 5.11 Å². The van der Waals surface area contributed by atoms with Crippen molar-refractivity contribution in [1.29, 1.82) is 0 Å². The Hall–Kier alpha value is -0.460. The van der Waals surface area contributed by atoms with Crippen LogP contribution in [0.15, 0.2) is 11.8 Å². The first-order chi connectivity index (χ1) is 5.11. The zero-order valence-electron chi connectivity index (χ0n) is 7.67. The highest BCUT2D eigenvalue weighted by atomic mass is 16.3. The Bertz CT molecular complexity index is 158. The summed E-state index contributed by atoms with van der Waals surface area (Å²) in [6.45, 7) is 6.51. The molecular weight excluding hydrogens is 136 g/mol. The predicted octanol–water partition coefficient (Wildman–Crippen LogP) is 3.13. The minimum absolute atomic E-state index is 0.394. The van der Waals surface area contributed by atoms with Gasteiger partial charge in [0.05, 0.1) is 5.76 Å². The molecule has 0 bridgehead atoms. The molecule has 2 atom stereocenters. The third kappa shape index (κ3) is 1.98. The number of hydrogen-bond donors (Lipinski definition) is 1. The van der Waals surface area contributed by atoms with Gasteiger partial charge in [-0.1, -0.05) is 20.8 Å². The molecule has 0 aromatic rings. The average Bonchev–Trinajstić information content (AvgIpc) is 1.94. The molecule has 11 heavy (non-hydrogen) atoms. The van der Waals surface area contributed by atoms with Crippen LogP contribution in [0.2, 0.25) is 0 Å². The third-order valence-corrected chi connectivity index (χ3v) is 2.68. The first kappa shape index (κ1) is 8.63. The van der Waals surface area contributed by atoms with Crippen LogP contribution in [0.4, 0.5) is 0 Å². The monoisotopic (exact) mass is 154 g/mol. The van der Waals surface area contributed by atoms with E-state index in [0.29, 0.717) is 23.5 Å². The van der Waals surface area contributed by atoms with E-state index in [1.165, 1.54) is 6.42 Å². The molecule has 1 heteroatoms. The fourth-order valence-corrected chi connectivity index (χ4v) is 1.58. The quantitative estimate of drug-likeness (QED) is 0.615. The van der Waals surface area contributed by atoms with E-state index < -0.39 is 0 Å². The molecule has 0 heterocycles. The molecule has 0 aromatic heterocycles. The molecule has 1 nitrogen and oxygen atoms in total. The highest BCUT2D eigenvalue weighted by Crippen LogP contribution is 2.30. The molecule has 0 spiro atoms. The summed E-state index contributed by atoms with van der Waals surface area (Å²) in [6, 6.07) is 0. The van der Waals surface area contributed by atoms with Crippen molar-refractivity contribution in [1.82, 2.24) is 0 Å². The van der Waals surface area contributed by atoms with E-state index in [1.807, 2.05) is 6.08 Å². The van der Waals surface area contributed by atoms with Crippen LogP contribution >= 0.6 is 0 Å². The van der Waals surface area contributed by atoms with Gasteiger partial charge >= 0.3 is 0 Å². The summed E-state index contributed by atoms with van der Waals surface area (Å²) in [5.74, 6) is 2.27. The molecule has 0 saturated carbocycles. The van der Waals surface area contributed by atoms with E-state index in [0.717, 1.165) is 6.42 Å². The molecule has 1 aliphatic rings. The standard InChI is InChI=1S/C10H18O/c1-7(2)9-5-4-8(3)10(11)6-9/h6-9,11H,4-5H2,1-3H3/t8-,9+/m1/s1. The predicted molar refractivity (Wildman–Crippen MR) is 47.4 cm³/mol. The number of aliphatic hydroxyl groups excluding tert-OH is 1. The van der Waals surface area contributed by atoms with Gasteiger partial charge in [-0.2, -0.15) is 0 Å². The summed E-state index contributed by atoms with van der Waals surface area (Å²) in [5.41, 5.74) is 0. The van der Waals surface area contributed by atoms with Crippen molar-refractivity contribution in [3.63, 3.8) is 0 Å².